The molecule has 3 aromatic rings. The number of hydrogen-bond donors (Lipinski definition) is 0. The number of carbonyl (C=O) groups is 1. The summed E-state index contributed by atoms with van der Waals surface area (Å²) in [6.45, 7) is -0.127. The van der Waals surface area contributed by atoms with Gasteiger partial charge >= 0.3 is 6.18 Å². The minimum Gasteiger partial charge on any atom is -0.338 e. The van der Waals surface area contributed by atoms with Crippen LogP contribution in [0, 0.1) is 5.82 Å². The molecule has 1 aliphatic rings. The van der Waals surface area contributed by atoms with E-state index in [2.05, 4.69) is 5.10 Å². The second kappa shape index (κ2) is 7.22. The van der Waals surface area contributed by atoms with Gasteiger partial charge in [0.15, 0.2) is 0 Å². The second-order valence-electron chi connectivity index (χ2n) is 7.00. The summed E-state index contributed by atoms with van der Waals surface area (Å²) in [6, 6.07) is 2.41. The molecule has 1 saturated heterocycles. The topological polar surface area (TPSA) is 59.6 Å². The Hall–Kier alpha value is -3.24. The van der Waals surface area contributed by atoms with E-state index in [-0.39, 0.29) is 42.7 Å². The van der Waals surface area contributed by atoms with Crippen LogP contribution in [0.15, 0.2) is 41.6 Å². The molecule has 158 valence electrons. The van der Waals surface area contributed by atoms with Crippen LogP contribution in [0.25, 0.3) is 16.6 Å². The number of nitrogens with zero attached hydrogens (tertiary/aromatic N) is 4. The molecule has 0 N–H and O–H groups in total. The van der Waals surface area contributed by atoms with Gasteiger partial charge in [-0.2, -0.15) is 18.3 Å². The zero-order chi connectivity index (χ0) is 21.6. The van der Waals surface area contributed by atoms with E-state index in [0.29, 0.717) is 12.1 Å². The van der Waals surface area contributed by atoms with E-state index >= 15 is 0 Å². The predicted molar refractivity (Wildman–Crippen MR) is 95.9 cm³/mol. The fourth-order valence-corrected chi connectivity index (χ4v) is 3.47. The fraction of sp³-hybridized carbons (Fsp3) is 0.316. The summed E-state index contributed by atoms with van der Waals surface area (Å²) in [4.78, 5) is 26.6. The molecule has 1 atom stereocenters. The third kappa shape index (κ3) is 3.55. The Balaban J connectivity index is 1.74. The molecule has 6 nitrogen and oxygen atoms in total. The lowest BCUT2D eigenvalue weighted by Gasteiger charge is -2.16. The lowest BCUT2D eigenvalue weighted by atomic mass is 10.0. The third-order valence-electron chi connectivity index (χ3n) is 5.02. The van der Waals surface area contributed by atoms with Crippen molar-refractivity contribution in [2.24, 2.45) is 0 Å². The van der Waals surface area contributed by atoms with E-state index in [9.17, 15) is 31.5 Å². The predicted octanol–water partition coefficient (Wildman–Crippen LogP) is 2.89. The molecule has 1 fully saturated rings. The molecule has 1 aromatic carbocycles. The third-order valence-corrected chi connectivity index (χ3v) is 5.02. The maximum absolute atomic E-state index is 13.6. The van der Waals surface area contributed by atoms with E-state index < -0.39 is 35.2 Å². The average Bonchev–Trinajstić information content (AvgIpc) is 3.30. The highest BCUT2D eigenvalue weighted by atomic mass is 19.4. The SMILES string of the molecule is O=C(Cn1ccn2ncc(-c3ccc(F)c(C(F)(F)F)c3)c2c1=O)N1CCC(F)C1. The van der Waals surface area contributed by atoms with Crippen LogP contribution in [0.1, 0.15) is 12.0 Å². The molecule has 1 amide bonds. The molecule has 0 aliphatic carbocycles. The molecule has 0 bridgehead atoms. The molecule has 4 rings (SSSR count). The Bertz CT molecular complexity index is 1180. The van der Waals surface area contributed by atoms with E-state index in [1.54, 1.807) is 0 Å². The smallest absolute Gasteiger partial charge is 0.338 e. The van der Waals surface area contributed by atoms with Crippen molar-refractivity contribution in [1.29, 1.82) is 0 Å². The highest BCUT2D eigenvalue weighted by Crippen LogP contribution is 2.34. The van der Waals surface area contributed by atoms with E-state index in [1.807, 2.05) is 0 Å². The first-order chi connectivity index (χ1) is 14.1. The van der Waals surface area contributed by atoms with Gasteiger partial charge in [-0.3, -0.25) is 9.59 Å². The molecule has 0 saturated carbocycles. The van der Waals surface area contributed by atoms with Gasteiger partial charge in [0.1, 0.15) is 24.1 Å². The summed E-state index contributed by atoms with van der Waals surface area (Å²) < 4.78 is 68.3. The Labute approximate surface area is 166 Å². The van der Waals surface area contributed by atoms with Crippen LogP contribution < -0.4 is 5.56 Å². The Morgan fingerprint density at radius 3 is 2.67 bits per heavy atom. The standard InChI is InChI=1S/C19H15F5N4O2/c20-12-3-4-26(9-12)16(29)10-27-5-6-28-17(18(27)30)13(8-25-28)11-1-2-15(21)14(7-11)19(22,23)24/h1-2,5-8,12H,3-4,9-10H2. The number of aromatic nitrogens is 3. The number of fused-ring (bicyclic) bond motifs is 1. The van der Waals surface area contributed by atoms with Crippen LogP contribution in [0.2, 0.25) is 0 Å². The number of likely N-dealkylation sites (tertiary alicyclic amines) is 1. The minimum absolute atomic E-state index is 0.0381. The van der Waals surface area contributed by atoms with Gasteiger partial charge in [-0.1, -0.05) is 6.07 Å². The molecule has 1 unspecified atom stereocenters. The first kappa shape index (κ1) is 20.0. The second-order valence-corrected chi connectivity index (χ2v) is 7.00. The van der Waals surface area contributed by atoms with E-state index in [4.69, 9.17) is 0 Å². The first-order valence-electron chi connectivity index (χ1n) is 9.01. The van der Waals surface area contributed by atoms with Gasteiger partial charge in [0, 0.05) is 24.5 Å². The van der Waals surface area contributed by atoms with Crippen LogP contribution in [-0.2, 0) is 17.5 Å². The van der Waals surface area contributed by atoms with Gasteiger partial charge in [-0.05, 0) is 24.1 Å². The lowest BCUT2D eigenvalue weighted by molar-refractivity contribution is -0.140. The number of hydrogen-bond acceptors (Lipinski definition) is 3. The van der Waals surface area contributed by atoms with E-state index in [1.165, 1.54) is 28.0 Å². The van der Waals surface area contributed by atoms with Crippen LogP contribution in [0.3, 0.4) is 0 Å². The fourth-order valence-electron chi connectivity index (χ4n) is 3.47. The molecule has 11 heteroatoms. The molecule has 0 spiro atoms. The lowest BCUT2D eigenvalue weighted by Crippen LogP contribution is -2.35. The average molecular weight is 426 g/mol. The van der Waals surface area contributed by atoms with Crippen molar-refractivity contribution in [3.05, 3.63) is 58.5 Å². The maximum atomic E-state index is 13.6. The molecular weight excluding hydrogens is 411 g/mol. The molecule has 0 radical (unpaired) electrons. The van der Waals surface area contributed by atoms with Crippen LogP contribution >= 0.6 is 0 Å². The van der Waals surface area contributed by atoms with Crippen molar-refractivity contribution in [1.82, 2.24) is 19.1 Å². The number of rotatable bonds is 3. The van der Waals surface area contributed by atoms with Gasteiger partial charge in [0.2, 0.25) is 5.91 Å². The van der Waals surface area contributed by atoms with Gasteiger partial charge in [-0.15, -0.1) is 0 Å². The maximum Gasteiger partial charge on any atom is 0.419 e. The molecular formula is C19H15F5N4O2. The van der Waals surface area contributed by atoms with Crippen LogP contribution in [0.4, 0.5) is 22.0 Å². The number of alkyl halides is 4. The highest BCUT2D eigenvalue weighted by Gasteiger charge is 2.34. The Morgan fingerprint density at radius 1 is 1.23 bits per heavy atom. The van der Waals surface area contributed by atoms with Gasteiger partial charge in [0.25, 0.3) is 5.56 Å². The van der Waals surface area contributed by atoms with Crippen molar-refractivity contribution in [3.8, 4) is 11.1 Å². The minimum atomic E-state index is -4.90. The summed E-state index contributed by atoms with van der Waals surface area (Å²) in [6.07, 6.45) is -1.87. The summed E-state index contributed by atoms with van der Waals surface area (Å²) in [5, 5.41) is 3.96. The largest absolute Gasteiger partial charge is 0.419 e. The normalized spacial score (nSPS) is 17.1. The van der Waals surface area contributed by atoms with Crippen LogP contribution in [-0.4, -0.2) is 44.2 Å². The number of amides is 1. The summed E-state index contributed by atoms with van der Waals surface area (Å²) >= 11 is 0. The van der Waals surface area contributed by atoms with E-state index in [0.717, 1.165) is 10.6 Å². The zero-order valence-corrected chi connectivity index (χ0v) is 15.4. The van der Waals surface area contributed by atoms with Crippen LogP contribution in [0.5, 0.6) is 0 Å². The summed E-state index contributed by atoms with van der Waals surface area (Å²) in [5.41, 5.74) is -2.15. The van der Waals surface area contributed by atoms with Gasteiger partial charge in [0.05, 0.1) is 18.3 Å². The monoisotopic (exact) mass is 426 g/mol. The van der Waals surface area contributed by atoms with Crippen molar-refractivity contribution < 1.29 is 26.7 Å². The number of carbonyl (C=O) groups excluding carboxylic acids is 1. The molecule has 30 heavy (non-hydrogen) atoms. The van der Waals surface area contributed by atoms with Gasteiger partial charge in [-0.25, -0.2) is 13.3 Å². The highest BCUT2D eigenvalue weighted by molar-refractivity contribution is 5.80. The van der Waals surface area contributed by atoms with Gasteiger partial charge < -0.3 is 9.47 Å². The number of halogens is 5. The summed E-state index contributed by atoms with van der Waals surface area (Å²) in [5.74, 6) is -1.87. The zero-order valence-electron chi connectivity index (χ0n) is 15.4. The van der Waals surface area contributed by atoms with Crippen molar-refractivity contribution in [3.63, 3.8) is 0 Å². The van der Waals surface area contributed by atoms with Crippen molar-refractivity contribution in [2.45, 2.75) is 25.3 Å². The first-order valence-corrected chi connectivity index (χ1v) is 9.01. The number of benzene rings is 1. The van der Waals surface area contributed by atoms with Crippen molar-refractivity contribution in [2.75, 3.05) is 13.1 Å². The Morgan fingerprint density at radius 2 is 2.00 bits per heavy atom. The molecule has 1 aliphatic heterocycles. The summed E-state index contributed by atoms with van der Waals surface area (Å²) in [7, 11) is 0. The molecule has 2 aromatic heterocycles. The molecule has 3 heterocycles. The Kier molecular flexibility index (Phi) is 4.83. The quantitative estimate of drug-likeness (QED) is 0.606. The van der Waals surface area contributed by atoms with Crippen molar-refractivity contribution >= 4 is 11.4 Å².